The highest BCUT2D eigenvalue weighted by atomic mass is 15.0. The average Bonchev–Trinajstić information content (AvgIpc) is 2.34. The van der Waals surface area contributed by atoms with Gasteiger partial charge in [0, 0.05) is 11.8 Å². The maximum absolute atomic E-state index is 4.28. The molecule has 0 unspecified atom stereocenters. The van der Waals surface area contributed by atoms with E-state index in [1.165, 1.54) is 0 Å². The third kappa shape index (κ3) is 0.888. The van der Waals surface area contributed by atoms with Crippen LogP contribution in [0.25, 0.3) is 11.4 Å². The standard InChI is InChI=1S/C8H9N3/c1-5-7-3-4-9-8(7)11-6(2)10-5/h3-4H,1-2H3,(H,9,10,11). The van der Waals surface area contributed by atoms with Crippen LogP contribution in [0.15, 0.2) is 12.3 Å². The summed E-state index contributed by atoms with van der Waals surface area (Å²) in [6.45, 7) is 3.92. The van der Waals surface area contributed by atoms with E-state index in [9.17, 15) is 0 Å². The van der Waals surface area contributed by atoms with Crippen molar-refractivity contribution >= 4 is 0 Å². The first kappa shape index (κ1) is 6.34. The third-order valence-corrected chi connectivity index (χ3v) is 1.72. The van der Waals surface area contributed by atoms with Gasteiger partial charge in [0.25, 0.3) is 0 Å². The normalized spacial score (nSPS) is 10.7. The molecule has 2 heterocycles. The van der Waals surface area contributed by atoms with Crippen molar-refractivity contribution in [3.63, 3.8) is 0 Å². The van der Waals surface area contributed by atoms with Gasteiger partial charge in [-0.3, -0.25) is 0 Å². The minimum absolute atomic E-state index is 0.911. The molecule has 3 heteroatoms. The van der Waals surface area contributed by atoms with Crippen molar-refractivity contribution in [2.24, 2.45) is 0 Å². The van der Waals surface area contributed by atoms with E-state index in [0.29, 0.717) is 0 Å². The summed E-state index contributed by atoms with van der Waals surface area (Å²) in [6.07, 6.45) is 1.79. The van der Waals surface area contributed by atoms with Gasteiger partial charge in [-0.1, -0.05) is 0 Å². The molecule has 2 aliphatic heterocycles. The van der Waals surface area contributed by atoms with Crippen molar-refractivity contribution in [1.29, 1.82) is 0 Å². The number of aryl methyl sites for hydroxylation is 2. The highest BCUT2D eigenvalue weighted by Gasteiger charge is 2.07. The minimum Gasteiger partial charge on any atom is -0.328 e. The van der Waals surface area contributed by atoms with Crippen LogP contribution in [-0.2, 0) is 0 Å². The van der Waals surface area contributed by atoms with Crippen molar-refractivity contribution in [3.05, 3.63) is 23.8 Å². The Morgan fingerprint density at radius 1 is 1.36 bits per heavy atom. The van der Waals surface area contributed by atoms with Crippen molar-refractivity contribution in [2.45, 2.75) is 13.8 Å². The SMILES string of the molecule is Cc1nc(C)c2ccnc-2[nH]1. The molecule has 0 saturated heterocycles. The van der Waals surface area contributed by atoms with Crippen LogP contribution in [0.2, 0.25) is 0 Å². The molecular weight excluding hydrogens is 138 g/mol. The second-order valence-electron chi connectivity index (χ2n) is 2.61. The molecule has 0 aromatic carbocycles. The predicted octanol–water partition coefficient (Wildman–Crippen LogP) is 1.53. The molecule has 2 aliphatic rings. The summed E-state index contributed by atoms with van der Waals surface area (Å²) >= 11 is 0. The lowest BCUT2D eigenvalue weighted by atomic mass is 10.2. The van der Waals surface area contributed by atoms with E-state index < -0.39 is 0 Å². The molecule has 0 radical (unpaired) electrons. The predicted molar refractivity (Wildman–Crippen MR) is 42.5 cm³/mol. The zero-order valence-corrected chi connectivity index (χ0v) is 6.55. The molecule has 0 amide bonds. The smallest absolute Gasteiger partial charge is 0.140 e. The van der Waals surface area contributed by atoms with Gasteiger partial charge in [-0.25, -0.2) is 9.97 Å². The van der Waals surface area contributed by atoms with Crippen LogP contribution in [0.3, 0.4) is 0 Å². The van der Waals surface area contributed by atoms with Crippen LogP contribution in [0.4, 0.5) is 0 Å². The van der Waals surface area contributed by atoms with Gasteiger partial charge in [0.2, 0.25) is 0 Å². The zero-order valence-electron chi connectivity index (χ0n) is 6.55. The quantitative estimate of drug-likeness (QED) is 0.614. The summed E-state index contributed by atoms with van der Waals surface area (Å²) in [5, 5.41) is 0. The van der Waals surface area contributed by atoms with Gasteiger partial charge in [-0.05, 0) is 19.9 Å². The van der Waals surface area contributed by atoms with Crippen LogP contribution in [0.5, 0.6) is 0 Å². The number of fused-ring (bicyclic) bond motifs is 1. The molecule has 2 rings (SSSR count). The second-order valence-corrected chi connectivity index (χ2v) is 2.61. The number of nitrogens with one attached hydrogen (secondary N) is 1. The fraction of sp³-hybridized carbons (Fsp3) is 0.250. The molecule has 11 heavy (non-hydrogen) atoms. The molecule has 56 valence electrons. The first-order chi connectivity index (χ1) is 5.27. The molecule has 0 aromatic heterocycles. The Kier molecular flexibility index (Phi) is 1.18. The molecule has 0 saturated carbocycles. The highest BCUT2D eigenvalue weighted by molar-refractivity contribution is 5.59. The summed E-state index contributed by atoms with van der Waals surface area (Å²) in [5.74, 6) is 1.84. The Morgan fingerprint density at radius 3 is 3.00 bits per heavy atom. The molecule has 0 atom stereocenters. The van der Waals surface area contributed by atoms with Crippen molar-refractivity contribution < 1.29 is 0 Å². The van der Waals surface area contributed by atoms with Crippen LogP contribution < -0.4 is 0 Å². The van der Waals surface area contributed by atoms with E-state index in [4.69, 9.17) is 0 Å². The molecule has 0 aromatic rings. The summed E-state index contributed by atoms with van der Waals surface area (Å²) in [5.41, 5.74) is 2.14. The zero-order chi connectivity index (χ0) is 7.84. The summed E-state index contributed by atoms with van der Waals surface area (Å²) in [6, 6.07) is 1.97. The van der Waals surface area contributed by atoms with Gasteiger partial charge in [0.15, 0.2) is 0 Å². The minimum atomic E-state index is 0.911. The lowest BCUT2D eigenvalue weighted by molar-refractivity contribution is 1.000. The number of hydrogen-bond donors (Lipinski definition) is 1. The average molecular weight is 147 g/mol. The molecule has 0 spiro atoms. The third-order valence-electron chi connectivity index (χ3n) is 1.72. The van der Waals surface area contributed by atoms with Gasteiger partial charge >= 0.3 is 0 Å². The Balaban J connectivity index is 2.79. The molecular formula is C8H9N3. The summed E-state index contributed by atoms with van der Waals surface area (Å²) in [4.78, 5) is 11.5. The number of aromatic amines is 1. The number of H-pyrrole nitrogens is 1. The van der Waals surface area contributed by atoms with Gasteiger partial charge in [-0.15, -0.1) is 0 Å². The van der Waals surface area contributed by atoms with Crippen LogP contribution in [0, 0.1) is 13.8 Å². The van der Waals surface area contributed by atoms with E-state index in [0.717, 1.165) is 22.9 Å². The van der Waals surface area contributed by atoms with Gasteiger partial charge < -0.3 is 4.98 Å². The largest absolute Gasteiger partial charge is 0.328 e. The van der Waals surface area contributed by atoms with E-state index in [1.54, 1.807) is 6.20 Å². The number of aromatic nitrogens is 3. The lowest BCUT2D eigenvalue weighted by Crippen LogP contribution is -1.95. The number of nitrogens with zero attached hydrogens (tertiary/aromatic N) is 2. The van der Waals surface area contributed by atoms with E-state index in [1.807, 2.05) is 19.9 Å². The van der Waals surface area contributed by atoms with E-state index in [-0.39, 0.29) is 0 Å². The summed E-state index contributed by atoms with van der Waals surface area (Å²) < 4.78 is 0. The Bertz CT molecular complexity index is 351. The van der Waals surface area contributed by atoms with Gasteiger partial charge in [-0.2, -0.15) is 0 Å². The fourth-order valence-corrected chi connectivity index (χ4v) is 1.24. The van der Waals surface area contributed by atoms with Gasteiger partial charge in [0.05, 0.1) is 5.69 Å². The van der Waals surface area contributed by atoms with E-state index in [2.05, 4.69) is 15.0 Å². The molecule has 0 bridgehead atoms. The number of rotatable bonds is 0. The van der Waals surface area contributed by atoms with Crippen LogP contribution in [-0.4, -0.2) is 15.0 Å². The summed E-state index contributed by atoms with van der Waals surface area (Å²) in [7, 11) is 0. The molecule has 1 N–H and O–H groups in total. The first-order valence-electron chi connectivity index (χ1n) is 3.55. The number of hydrogen-bond acceptors (Lipinski definition) is 2. The molecule has 0 fully saturated rings. The van der Waals surface area contributed by atoms with Crippen molar-refractivity contribution in [1.82, 2.24) is 15.0 Å². The van der Waals surface area contributed by atoms with Crippen molar-refractivity contribution in [2.75, 3.05) is 0 Å². The van der Waals surface area contributed by atoms with Crippen LogP contribution in [0.1, 0.15) is 11.5 Å². The topological polar surface area (TPSA) is 41.6 Å². The Hall–Kier alpha value is -1.38. The second kappa shape index (κ2) is 2.05. The maximum Gasteiger partial charge on any atom is 0.140 e. The highest BCUT2D eigenvalue weighted by Crippen LogP contribution is 2.19. The molecule has 0 aliphatic carbocycles. The Labute approximate surface area is 64.8 Å². The molecule has 3 nitrogen and oxygen atoms in total. The van der Waals surface area contributed by atoms with Crippen molar-refractivity contribution in [3.8, 4) is 11.4 Å². The monoisotopic (exact) mass is 147 g/mol. The first-order valence-corrected chi connectivity index (χ1v) is 3.55. The van der Waals surface area contributed by atoms with Crippen LogP contribution >= 0.6 is 0 Å². The maximum atomic E-state index is 4.28. The fourth-order valence-electron chi connectivity index (χ4n) is 1.24. The Morgan fingerprint density at radius 2 is 2.18 bits per heavy atom. The van der Waals surface area contributed by atoms with Gasteiger partial charge in [0.1, 0.15) is 11.6 Å². The lowest BCUT2D eigenvalue weighted by Gasteiger charge is -2.02. The van der Waals surface area contributed by atoms with E-state index >= 15 is 0 Å².